The predicted octanol–water partition coefficient (Wildman–Crippen LogP) is 2.11. The van der Waals surface area contributed by atoms with Crippen LogP contribution in [0.4, 0.5) is 0 Å². The van der Waals surface area contributed by atoms with Crippen LogP contribution in [0.3, 0.4) is 0 Å². The summed E-state index contributed by atoms with van der Waals surface area (Å²) in [5, 5.41) is 11.8. The van der Waals surface area contributed by atoms with Crippen molar-refractivity contribution in [2.45, 2.75) is 33.2 Å². The van der Waals surface area contributed by atoms with E-state index in [0.29, 0.717) is 4.32 Å². The van der Waals surface area contributed by atoms with E-state index in [4.69, 9.17) is 17.3 Å². The maximum absolute atomic E-state index is 10.9. The second-order valence-corrected chi connectivity index (χ2v) is 5.01. The van der Waals surface area contributed by atoms with Gasteiger partial charge in [0.15, 0.2) is 0 Å². The molecule has 5 heteroatoms. The standard InChI is InChI=1S/C9H17NO2S2/c1-4-6(3)7(8(11)12)10-9(13)14-5-2/h6-7H,4-5H2,1-3H3,(H,10,13)(H,11,12)/t6-,7-/m0/s1. The first-order valence-corrected chi connectivity index (χ1v) is 6.08. The van der Waals surface area contributed by atoms with Crippen molar-refractivity contribution in [1.29, 1.82) is 0 Å². The number of rotatable bonds is 5. The quantitative estimate of drug-likeness (QED) is 0.715. The van der Waals surface area contributed by atoms with Crippen molar-refractivity contribution < 1.29 is 9.90 Å². The Hall–Kier alpha value is -0.290. The van der Waals surface area contributed by atoms with Crippen LogP contribution in [0.5, 0.6) is 0 Å². The summed E-state index contributed by atoms with van der Waals surface area (Å²) >= 11 is 6.47. The average Bonchev–Trinajstić information content (AvgIpc) is 2.13. The van der Waals surface area contributed by atoms with E-state index in [9.17, 15) is 4.79 Å². The lowest BCUT2D eigenvalue weighted by Gasteiger charge is -2.20. The lowest BCUT2D eigenvalue weighted by atomic mass is 10.00. The van der Waals surface area contributed by atoms with Gasteiger partial charge in [0.05, 0.1) is 0 Å². The Kier molecular flexibility index (Phi) is 6.92. The minimum Gasteiger partial charge on any atom is -0.480 e. The van der Waals surface area contributed by atoms with E-state index in [1.165, 1.54) is 11.8 Å². The fraction of sp³-hybridized carbons (Fsp3) is 0.778. The van der Waals surface area contributed by atoms with Gasteiger partial charge in [0.2, 0.25) is 0 Å². The molecule has 0 aromatic rings. The highest BCUT2D eigenvalue weighted by molar-refractivity contribution is 8.22. The molecule has 0 saturated heterocycles. The third-order valence-electron chi connectivity index (χ3n) is 2.03. The highest BCUT2D eigenvalue weighted by Crippen LogP contribution is 2.10. The van der Waals surface area contributed by atoms with Gasteiger partial charge in [-0.05, 0) is 11.7 Å². The molecule has 0 aromatic heterocycles. The van der Waals surface area contributed by atoms with Crippen molar-refractivity contribution in [3.63, 3.8) is 0 Å². The van der Waals surface area contributed by atoms with Crippen molar-refractivity contribution in [3.05, 3.63) is 0 Å². The maximum atomic E-state index is 10.9. The Morgan fingerprint density at radius 3 is 2.50 bits per heavy atom. The van der Waals surface area contributed by atoms with E-state index < -0.39 is 12.0 Å². The van der Waals surface area contributed by atoms with Crippen LogP contribution in [0.15, 0.2) is 0 Å². The molecule has 0 amide bonds. The summed E-state index contributed by atoms with van der Waals surface area (Å²) in [6.07, 6.45) is 0.823. The molecule has 0 rings (SSSR count). The Morgan fingerprint density at radius 1 is 1.57 bits per heavy atom. The van der Waals surface area contributed by atoms with Gasteiger partial charge in [-0.15, -0.1) is 0 Å². The zero-order valence-corrected chi connectivity index (χ0v) is 10.4. The van der Waals surface area contributed by atoms with Gasteiger partial charge >= 0.3 is 5.97 Å². The second kappa shape index (κ2) is 7.06. The summed E-state index contributed by atoms with van der Waals surface area (Å²) in [6.45, 7) is 5.86. The van der Waals surface area contributed by atoms with Crippen LogP contribution in [0.1, 0.15) is 27.2 Å². The van der Waals surface area contributed by atoms with Crippen LogP contribution >= 0.6 is 24.0 Å². The van der Waals surface area contributed by atoms with Crippen molar-refractivity contribution in [1.82, 2.24) is 5.32 Å². The third kappa shape index (κ3) is 4.81. The number of carbonyl (C=O) groups is 1. The number of thiocarbonyl (C=S) groups is 1. The van der Waals surface area contributed by atoms with E-state index in [0.717, 1.165) is 12.2 Å². The van der Waals surface area contributed by atoms with Gasteiger partial charge in [0.1, 0.15) is 10.4 Å². The predicted molar refractivity (Wildman–Crippen MR) is 64.7 cm³/mol. The molecule has 0 aliphatic heterocycles. The molecule has 0 heterocycles. The number of thioether (sulfide) groups is 1. The van der Waals surface area contributed by atoms with Gasteiger partial charge in [-0.3, -0.25) is 0 Å². The van der Waals surface area contributed by atoms with Crippen LogP contribution in [-0.2, 0) is 4.79 Å². The fourth-order valence-electron chi connectivity index (χ4n) is 0.983. The van der Waals surface area contributed by atoms with E-state index in [1.54, 1.807) is 0 Å². The molecular formula is C9H17NO2S2. The number of carboxylic acids is 1. The normalized spacial score (nSPS) is 14.5. The lowest BCUT2D eigenvalue weighted by molar-refractivity contribution is -0.140. The second-order valence-electron chi connectivity index (χ2n) is 3.07. The molecule has 0 aliphatic rings. The van der Waals surface area contributed by atoms with Crippen LogP contribution in [0.2, 0.25) is 0 Å². The first-order valence-electron chi connectivity index (χ1n) is 4.69. The van der Waals surface area contributed by atoms with Crippen molar-refractivity contribution in [2.24, 2.45) is 5.92 Å². The number of aliphatic carboxylic acids is 1. The maximum Gasteiger partial charge on any atom is 0.326 e. The summed E-state index contributed by atoms with van der Waals surface area (Å²) in [5.41, 5.74) is 0. The molecule has 0 radical (unpaired) electrons. The van der Waals surface area contributed by atoms with E-state index in [2.05, 4.69) is 5.32 Å². The number of nitrogens with one attached hydrogen (secondary N) is 1. The largest absolute Gasteiger partial charge is 0.480 e. The van der Waals surface area contributed by atoms with Crippen molar-refractivity contribution >= 4 is 34.3 Å². The van der Waals surface area contributed by atoms with Crippen molar-refractivity contribution in [3.8, 4) is 0 Å². The molecular weight excluding hydrogens is 218 g/mol. The number of hydrogen-bond donors (Lipinski definition) is 2. The zero-order valence-electron chi connectivity index (χ0n) is 8.74. The van der Waals surface area contributed by atoms with Gasteiger partial charge in [0, 0.05) is 0 Å². The third-order valence-corrected chi connectivity index (χ3v) is 3.17. The smallest absolute Gasteiger partial charge is 0.326 e. The number of carboxylic acid groups (broad SMARTS) is 1. The molecule has 3 nitrogen and oxygen atoms in total. The van der Waals surface area contributed by atoms with Crippen molar-refractivity contribution in [2.75, 3.05) is 5.75 Å². The fourth-order valence-corrected chi connectivity index (χ4v) is 1.94. The highest BCUT2D eigenvalue weighted by Gasteiger charge is 2.23. The first-order chi connectivity index (χ1) is 6.52. The zero-order chi connectivity index (χ0) is 11.1. The van der Waals surface area contributed by atoms with E-state index in [-0.39, 0.29) is 5.92 Å². The number of hydrogen-bond acceptors (Lipinski definition) is 3. The monoisotopic (exact) mass is 235 g/mol. The molecule has 0 aromatic carbocycles. The molecule has 0 aliphatic carbocycles. The summed E-state index contributed by atoms with van der Waals surface area (Å²) in [4.78, 5) is 10.9. The summed E-state index contributed by atoms with van der Waals surface area (Å²) < 4.78 is 0.570. The topological polar surface area (TPSA) is 49.3 Å². The molecule has 0 unspecified atom stereocenters. The van der Waals surface area contributed by atoms with Crippen LogP contribution in [0.25, 0.3) is 0 Å². The summed E-state index contributed by atoms with van der Waals surface area (Å²) in [6, 6.07) is -0.563. The lowest BCUT2D eigenvalue weighted by Crippen LogP contribution is -2.43. The SMILES string of the molecule is CCSC(=S)N[C@H](C(=O)O)[C@@H](C)CC. The Labute approximate surface area is 94.6 Å². The van der Waals surface area contributed by atoms with E-state index in [1.807, 2.05) is 20.8 Å². The Bertz CT molecular complexity index is 209. The minimum absolute atomic E-state index is 0.0860. The summed E-state index contributed by atoms with van der Waals surface area (Å²) in [7, 11) is 0. The van der Waals surface area contributed by atoms with Crippen LogP contribution < -0.4 is 5.32 Å². The molecule has 2 N–H and O–H groups in total. The molecule has 0 spiro atoms. The van der Waals surface area contributed by atoms with E-state index >= 15 is 0 Å². The van der Waals surface area contributed by atoms with Gasteiger partial charge in [-0.25, -0.2) is 4.79 Å². The van der Waals surface area contributed by atoms with Gasteiger partial charge < -0.3 is 10.4 Å². The summed E-state index contributed by atoms with van der Waals surface area (Å²) in [5.74, 6) is 0.111. The minimum atomic E-state index is -0.835. The molecule has 14 heavy (non-hydrogen) atoms. The molecule has 0 bridgehead atoms. The Balaban J connectivity index is 4.23. The molecule has 82 valence electrons. The first kappa shape index (κ1) is 13.7. The van der Waals surface area contributed by atoms with Gasteiger partial charge in [-0.2, -0.15) is 0 Å². The van der Waals surface area contributed by atoms with Gasteiger partial charge in [-0.1, -0.05) is 51.2 Å². The van der Waals surface area contributed by atoms with Crippen LogP contribution in [0, 0.1) is 5.92 Å². The molecule has 2 atom stereocenters. The van der Waals surface area contributed by atoms with Gasteiger partial charge in [0.25, 0.3) is 0 Å². The average molecular weight is 235 g/mol. The highest BCUT2D eigenvalue weighted by atomic mass is 32.2. The Morgan fingerprint density at radius 2 is 2.14 bits per heavy atom. The molecule has 0 saturated carbocycles. The molecule has 0 fully saturated rings. The van der Waals surface area contributed by atoms with Crippen LogP contribution in [-0.4, -0.2) is 27.2 Å².